The van der Waals surface area contributed by atoms with Gasteiger partial charge in [-0.1, -0.05) is 86.0 Å². The number of methoxy groups -OCH3 is 1. The van der Waals surface area contributed by atoms with Gasteiger partial charge in [-0.25, -0.2) is 0 Å². The molecular weight excluding hydrogens is 891 g/mol. The zero-order valence-corrected chi connectivity index (χ0v) is 41.3. The van der Waals surface area contributed by atoms with Gasteiger partial charge in [-0.2, -0.15) is 0 Å². The topological polar surface area (TPSA) is 158 Å². The summed E-state index contributed by atoms with van der Waals surface area (Å²) in [6.07, 6.45) is 16.9. The third-order valence-corrected chi connectivity index (χ3v) is 14.5. The lowest BCUT2D eigenvalue weighted by Gasteiger charge is -2.30. The Morgan fingerprint density at radius 3 is 2.51 bits per heavy atom. The second kappa shape index (κ2) is 24.1. The number of Topliss-reactive ketones (excluding diaryl/α,β-unsaturated/α-hetero) is 1. The van der Waals surface area contributed by atoms with Crippen molar-refractivity contribution in [1.29, 1.82) is 0 Å². The quantitative estimate of drug-likeness (QED) is 0.0391. The van der Waals surface area contributed by atoms with Crippen LogP contribution in [0.3, 0.4) is 0 Å². The van der Waals surface area contributed by atoms with Crippen molar-refractivity contribution in [1.82, 2.24) is 0 Å². The van der Waals surface area contributed by atoms with Crippen molar-refractivity contribution in [2.75, 3.05) is 19.0 Å². The maximum Gasteiger partial charge on any atom is 0.161 e. The molecular formula is C61H69NO9. The Bertz CT molecular complexity index is 2820. The van der Waals surface area contributed by atoms with Crippen LogP contribution in [0.1, 0.15) is 116 Å². The molecule has 2 aliphatic heterocycles. The zero-order valence-electron chi connectivity index (χ0n) is 41.3. The van der Waals surface area contributed by atoms with Gasteiger partial charge in [-0.15, -0.1) is 0 Å². The summed E-state index contributed by atoms with van der Waals surface area (Å²) in [5, 5.41) is 59.3. The fourth-order valence-electron chi connectivity index (χ4n) is 10.6. The number of aliphatic hydroxyl groups is 4. The van der Waals surface area contributed by atoms with Crippen molar-refractivity contribution in [2.24, 2.45) is 11.8 Å². The predicted octanol–water partition coefficient (Wildman–Crippen LogP) is 11.1. The number of fused-ring (bicyclic) bond motifs is 9. The number of carbonyl (C=O) groups excluding carboxylic acids is 1. The molecule has 0 radical (unpaired) electrons. The predicted molar refractivity (Wildman–Crippen MR) is 281 cm³/mol. The van der Waals surface area contributed by atoms with E-state index in [-0.39, 0.29) is 80.2 Å². The first-order valence-electron chi connectivity index (χ1n) is 25.4. The molecule has 6 atom stereocenters. The Labute approximate surface area is 418 Å². The van der Waals surface area contributed by atoms with Gasteiger partial charge in [0.15, 0.2) is 11.5 Å². The first-order valence-corrected chi connectivity index (χ1v) is 25.4. The lowest BCUT2D eigenvalue weighted by Crippen LogP contribution is -2.33. The zero-order chi connectivity index (χ0) is 49.9. The van der Waals surface area contributed by atoms with Gasteiger partial charge in [0, 0.05) is 48.6 Å². The number of anilines is 1. The monoisotopic (exact) mass is 959 g/mol. The standard InChI is InChI=1S/C61H69NO9/c1-39-20-24-52-55-38-71-60-30-43(22-25-59(60)69-3)21-23-49(66)35-50(70-27-11-19-51-54(33-47(55)37-64)61(52)53(39)36-58(51)68)32-46-34-57(67)45(17-10-26-63)31-44(46)16-8-7-14-41-15-9-18-48(28-41)62-56(40(2)65)29-42-12-5-4-6-13-42/h4-6,9,12-13,15,18,20,22,24-25,28,30-31,33-34,36,39-40,44,46,50,56,62-65,67-68H,7-8,10,14,16-17,19,21,23,26,29,32,35,37-38H2,1-3H3. The Morgan fingerprint density at radius 2 is 1.72 bits per heavy atom. The summed E-state index contributed by atoms with van der Waals surface area (Å²) in [5.74, 6) is 4.55. The molecule has 2 aliphatic carbocycles. The molecule has 0 saturated carbocycles. The Kier molecular flexibility index (Phi) is 17.2. The number of carbonyl (C=O) groups is 1. The highest BCUT2D eigenvalue weighted by atomic mass is 16.5. The average Bonchev–Trinajstić information content (AvgIpc) is 3.37. The summed E-state index contributed by atoms with van der Waals surface area (Å²) in [4.78, 5) is 13.9. The van der Waals surface area contributed by atoms with Crippen LogP contribution in [0.15, 0.2) is 114 Å². The molecule has 0 saturated heterocycles. The summed E-state index contributed by atoms with van der Waals surface area (Å²) in [6.45, 7) is 3.87. The second-order valence-electron chi connectivity index (χ2n) is 19.6. The molecule has 0 fully saturated rings. The van der Waals surface area contributed by atoms with E-state index in [0.29, 0.717) is 54.7 Å². The Hall–Kier alpha value is -6.51. The van der Waals surface area contributed by atoms with Crippen LogP contribution in [0.4, 0.5) is 5.69 Å². The van der Waals surface area contributed by atoms with E-state index in [4.69, 9.17) is 14.2 Å². The first kappa shape index (κ1) is 50.9. The number of nitrogens with one attached hydrogen (secondary N) is 1. The minimum atomic E-state index is -0.585. The van der Waals surface area contributed by atoms with Crippen molar-refractivity contribution in [3.8, 4) is 29.3 Å². The molecule has 372 valence electrons. The number of phenols is 1. The van der Waals surface area contributed by atoms with Crippen LogP contribution in [0.5, 0.6) is 17.2 Å². The van der Waals surface area contributed by atoms with Crippen molar-refractivity contribution in [3.05, 3.63) is 159 Å². The van der Waals surface area contributed by atoms with E-state index in [9.17, 15) is 30.3 Å². The first-order chi connectivity index (χ1) is 34.5. The summed E-state index contributed by atoms with van der Waals surface area (Å²) < 4.78 is 18.6. The van der Waals surface area contributed by atoms with Crippen molar-refractivity contribution >= 4 is 28.3 Å². The number of ether oxygens (including phenoxy) is 3. The number of hydrogen-bond donors (Lipinski definition) is 6. The molecule has 6 bridgehead atoms. The highest BCUT2D eigenvalue weighted by Crippen LogP contribution is 2.44. The van der Waals surface area contributed by atoms with Crippen molar-refractivity contribution in [3.63, 3.8) is 0 Å². The van der Waals surface area contributed by atoms with E-state index in [1.165, 1.54) is 5.56 Å². The van der Waals surface area contributed by atoms with Gasteiger partial charge in [0.05, 0.1) is 25.9 Å². The number of hydrogen-bond acceptors (Lipinski definition) is 10. The van der Waals surface area contributed by atoms with E-state index < -0.39 is 12.2 Å². The number of rotatable bonds is 17. The van der Waals surface area contributed by atoms with Crippen molar-refractivity contribution < 1.29 is 44.5 Å². The normalized spacial score (nSPS) is 19.8. The van der Waals surface area contributed by atoms with E-state index >= 15 is 0 Å². The minimum Gasteiger partial charge on any atom is -0.508 e. The third kappa shape index (κ3) is 12.7. The lowest BCUT2D eigenvalue weighted by atomic mass is 9.77. The van der Waals surface area contributed by atoms with Crippen LogP contribution in [0.2, 0.25) is 0 Å². The van der Waals surface area contributed by atoms with Gasteiger partial charge in [0.1, 0.15) is 36.1 Å². The highest BCUT2D eigenvalue weighted by molar-refractivity contribution is 6.00. The maximum atomic E-state index is 13.9. The summed E-state index contributed by atoms with van der Waals surface area (Å²) >= 11 is 0. The fraction of sp³-hybridized carbons (Fsp3) is 0.393. The molecule has 0 amide bonds. The minimum absolute atomic E-state index is 0.0216. The summed E-state index contributed by atoms with van der Waals surface area (Å²) in [6, 6.07) is 27.9. The SMILES string of the molecule is COc1ccc2cc1OCc1c(CO)cc3c(c(O)cc4c3c1C=CC4C)CC#COC(CC1C=C(O)C(CCCO)=CC1CCCCc1cccc(NC(Cc3ccccc3)C(C)O)c1)CC(=O)CC2. The molecule has 5 aromatic rings. The number of ketones is 1. The van der Waals surface area contributed by atoms with Crippen LogP contribution < -0.4 is 14.8 Å². The molecule has 9 rings (SSSR count). The van der Waals surface area contributed by atoms with Gasteiger partial charge in [0.2, 0.25) is 0 Å². The van der Waals surface area contributed by atoms with Crippen LogP contribution in [0.25, 0.3) is 16.8 Å². The summed E-state index contributed by atoms with van der Waals surface area (Å²) in [5.41, 5.74) is 9.15. The molecule has 0 spiro atoms. The van der Waals surface area contributed by atoms with Gasteiger partial charge >= 0.3 is 0 Å². The number of phenolic OH excluding ortho intramolecular Hbond substituents is 1. The van der Waals surface area contributed by atoms with Crippen LogP contribution in [-0.2, 0) is 48.4 Å². The number of aliphatic hydroxyl groups excluding tert-OH is 4. The molecule has 0 aromatic heterocycles. The third-order valence-electron chi connectivity index (χ3n) is 14.5. The van der Waals surface area contributed by atoms with Gasteiger partial charge in [-0.05, 0) is 162 Å². The van der Waals surface area contributed by atoms with Gasteiger partial charge in [0.25, 0.3) is 0 Å². The number of unbranched alkanes of at least 4 members (excludes halogenated alkanes) is 1. The lowest BCUT2D eigenvalue weighted by molar-refractivity contribution is -0.121. The maximum absolute atomic E-state index is 13.9. The van der Waals surface area contributed by atoms with Crippen molar-refractivity contribution in [2.45, 2.75) is 128 Å². The smallest absolute Gasteiger partial charge is 0.161 e. The summed E-state index contributed by atoms with van der Waals surface area (Å²) in [7, 11) is 1.60. The molecule has 10 heteroatoms. The molecule has 6 N–H and O–H groups in total. The number of benzene rings is 5. The largest absolute Gasteiger partial charge is 0.508 e. The second-order valence-corrected chi connectivity index (χ2v) is 19.6. The molecule has 2 heterocycles. The van der Waals surface area contributed by atoms with Gasteiger partial charge in [-0.3, -0.25) is 4.79 Å². The average molecular weight is 960 g/mol. The molecule has 5 aromatic carbocycles. The molecule has 10 nitrogen and oxygen atoms in total. The number of allylic oxidation sites excluding steroid dienone is 4. The van der Waals surface area contributed by atoms with Crippen LogP contribution >= 0.6 is 0 Å². The molecule has 6 unspecified atom stereocenters. The van der Waals surface area contributed by atoms with E-state index in [1.807, 2.05) is 67.6 Å². The molecule has 71 heavy (non-hydrogen) atoms. The van der Waals surface area contributed by atoms with E-state index in [1.54, 1.807) is 7.11 Å². The highest BCUT2D eigenvalue weighted by Gasteiger charge is 2.30. The van der Waals surface area contributed by atoms with E-state index in [0.717, 1.165) is 75.5 Å². The van der Waals surface area contributed by atoms with Gasteiger partial charge < -0.3 is 45.1 Å². The molecule has 4 aliphatic rings. The van der Waals surface area contributed by atoms with E-state index in [2.05, 4.69) is 72.8 Å². The number of aryl methyl sites for hydroxylation is 2. The van der Waals surface area contributed by atoms with Crippen LogP contribution in [0, 0.1) is 23.9 Å². The van der Waals surface area contributed by atoms with Crippen LogP contribution in [-0.4, -0.2) is 63.3 Å². The fourth-order valence-corrected chi connectivity index (χ4v) is 10.6. The number of aromatic hydroxyl groups is 1. The Balaban J connectivity index is 1.03. The Morgan fingerprint density at radius 1 is 0.887 bits per heavy atom.